The molecule has 1 unspecified atom stereocenters. The van der Waals surface area contributed by atoms with Gasteiger partial charge in [-0.3, -0.25) is 14.4 Å². The van der Waals surface area contributed by atoms with Crippen molar-refractivity contribution in [1.29, 1.82) is 0 Å². The molecule has 0 saturated heterocycles. The third kappa shape index (κ3) is 57.6. The zero-order valence-electron chi connectivity index (χ0n) is 47.0. The van der Waals surface area contributed by atoms with Gasteiger partial charge in [0.1, 0.15) is 13.2 Å². The predicted molar refractivity (Wildman–Crippen MR) is 307 cm³/mol. The molecule has 0 aromatic heterocycles. The van der Waals surface area contributed by atoms with Gasteiger partial charge in [0.2, 0.25) is 0 Å². The minimum absolute atomic E-state index is 0.0851. The number of ether oxygens (including phenoxy) is 3. The first kappa shape index (κ1) is 67.8. The van der Waals surface area contributed by atoms with Gasteiger partial charge in [0.05, 0.1) is 0 Å². The molecule has 0 aromatic carbocycles. The van der Waals surface area contributed by atoms with Crippen molar-refractivity contribution in [1.82, 2.24) is 0 Å². The fourth-order valence-electron chi connectivity index (χ4n) is 8.64. The van der Waals surface area contributed by atoms with Crippen molar-refractivity contribution in [3.8, 4) is 0 Å². The average molecular weight is 992 g/mol. The Morgan fingerprint density at radius 1 is 0.296 bits per heavy atom. The third-order valence-electron chi connectivity index (χ3n) is 13.2. The first-order valence-electron chi connectivity index (χ1n) is 30.4. The Balaban J connectivity index is 4.42. The van der Waals surface area contributed by atoms with Gasteiger partial charge in [-0.15, -0.1) is 0 Å². The van der Waals surface area contributed by atoms with Crippen LogP contribution in [0.1, 0.15) is 303 Å². The number of rotatable bonds is 55. The van der Waals surface area contributed by atoms with Gasteiger partial charge in [-0.25, -0.2) is 0 Å². The molecule has 410 valence electrons. The molecular weight excluding hydrogens is 877 g/mol. The smallest absolute Gasteiger partial charge is 0.306 e. The maximum atomic E-state index is 12.9. The van der Waals surface area contributed by atoms with Gasteiger partial charge in [0, 0.05) is 19.3 Å². The molecule has 0 fully saturated rings. The Morgan fingerprint density at radius 3 is 0.887 bits per heavy atom. The summed E-state index contributed by atoms with van der Waals surface area (Å²) in [6.07, 6.45) is 76.1. The van der Waals surface area contributed by atoms with Gasteiger partial charge in [0.25, 0.3) is 0 Å². The molecule has 0 heterocycles. The molecule has 0 amide bonds. The number of carbonyl (C=O) groups excluding carboxylic acids is 3. The van der Waals surface area contributed by atoms with Crippen LogP contribution in [-0.2, 0) is 28.6 Å². The number of hydrogen-bond donors (Lipinski definition) is 0. The molecule has 0 N–H and O–H groups in total. The van der Waals surface area contributed by atoms with Crippen LogP contribution in [0.5, 0.6) is 0 Å². The standard InChI is InChI=1S/C65H114O6/c1-4-7-10-13-16-19-22-25-28-30-32-34-37-40-43-46-49-52-55-58-64(67)70-61-62(60-69-63(66)57-54-51-48-45-42-39-36-27-24-21-18-15-12-9-6-3)71-65(68)59-56-53-50-47-44-41-38-35-33-31-29-26-23-20-17-14-11-8-5-2/h7,10,16,19,25,28,31-34,40,43,62H,4-6,8-9,11-15,17-18,20-24,26-27,29-30,35-39,41-42,44-61H2,1-3H3/b10-7-,19-16-,28-25-,33-31-,34-32-,43-40-. The highest BCUT2D eigenvalue weighted by Crippen LogP contribution is 2.16. The molecule has 6 nitrogen and oxygen atoms in total. The van der Waals surface area contributed by atoms with Crippen LogP contribution in [0, 0.1) is 0 Å². The monoisotopic (exact) mass is 991 g/mol. The number of carbonyl (C=O) groups is 3. The first-order chi connectivity index (χ1) is 35.0. The summed E-state index contributed by atoms with van der Waals surface area (Å²) in [5.41, 5.74) is 0. The Morgan fingerprint density at radius 2 is 0.549 bits per heavy atom. The van der Waals surface area contributed by atoms with Crippen LogP contribution in [-0.4, -0.2) is 37.2 Å². The summed E-state index contributed by atoms with van der Waals surface area (Å²) in [5, 5.41) is 0. The fraction of sp³-hybridized carbons (Fsp3) is 0.769. The summed E-state index contributed by atoms with van der Waals surface area (Å²) in [6, 6.07) is 0. The maximum Gasteiger partial charge on any atom is 0.306 e. The van der Waals surface area contributed by atoms with E-state index in [4.69, 9.17) is 14.2 Å². The maximum absolute atomic E-state index is 12.9. The molecule has 0 radical (unpaired) electrons. The minimum Gasteiger partial charge on any atom is -0.462 e. The quantitative estimate of drug-likeness (QED) is 0.0261. The van der Waals surface area contributed by atoms with E-state index in [0.29, 0.717) is 19.3 Å². The Labute approximate surface area is 440 Å². The molecule has 0 aliphatic carbocycles. The van der Waals surface area contributed by atoms with E-state index in [9.17, 15) is 14.4 Å². The summed E-state index contributed by atoms with van der Waals surface area (Å²) in [4.78, 5) is 38.2. The van der Waals surface area contributed by atoms with Crippen molar-refractivity contribution < 1.29 is 28.6 Å². The van der Waals surface area contributed by atoms with Crippen molar-refractivity contribution in [3.05, 3.63) is 72.9 Å². The summed E-state index contributed by atoms with van der Waals surface area (Å²) in [7, 11) is 0. The lowest BCUT2D eigenvalue weighted by Crippen LogP contribution is -2.30. The first-order valence-corrected chi connectivity index (χ1v) is 30.4. The number of allylic oxidation sites excluding steroid dienone is 12. The average Bonchev–Trinajstić information content (AvgIpc) is 3.37. The number of esters is 3. The summed E-state index contributed by atoms with van der Waals surface area (Å²) in [6.45, 7) is 6.53. The molecule has 71 heavy (non-hydrogen) atoms. The molecule has 0 aromatic rings. The summed E-state index contributed by atoms with van der Waals surface area (Å²) >= 11 is 0. The molecule has 0 aliphatic heterocycles. The highest BCUT2D eigenvalue weighted by Gasteiger charge is 2.19. The second-order valence-electron chi connectivity index (χ2n) is 20.2. The Kier molecular flexibility index (Phi) is 56.8. The van der Waals surface area contributed by atoms with E-state index >= 15 is 0 Å². The molecular formula is C65H114O6. The normalized spacial score (nSPS) is 12.5. The van der Waals surface area contributed by atoms with Gasteiger partial charge >= 0.3 is 17.9 Å². The number of hydrogen-bond acceptors (Lipinski definition) is 6. The second-order valence-corrected chi connectivity index (χ2v) is 20.2. The van der Waals surface area contributed by atoms with Crippen molar-refractivity contribution in [2.45, 2.75) is 309 Å². The van der Waals surface area contributed by atoms with E-state index in [1.54, 1.807) is 0 Å². The van der Waals surface area contributed by atoms with Gasteiger partial charge in [-0.1, -0.05) is 267 Å². The zero-order valence-corrected chi connectivity index (χ0v) is 47.0. The summed E-state index contributed by atoms with van der Waals surface area (Å²) in [5.74, 6) is -0.910. The van der Waals surface area contributed by atoms with E-state index in [1.807, 2.05) is 0 Å². The number of unbranched alkanes of at least 4 members (excludes halogenated alkanes) is 32. The van der Waals surface area contributed by atoms with Crippen LogP contribution < -0.4 is 0 Å². The molecule has 6 heteroatoms. The molecule has 0 rings (SSSR count). The lowest BCUT2D eigenvalue weighted by Gasteiger charge is -2.18. The van der Waals surface area contributed by atoms with Gasteiger partial charge < -0.3 is 14.2 Å². The van der Waals surface area contributed by atoms with E-state index in [0.717, 1.165) is 96.3 Å². The van der Waals surface area contributed by atoms with Crippen LogP contribution in [0.15, 0.2) is 72.9 Å². The van der Waals surface area contributed by atoms with Crippen molar-refractivity contribution >= 4 is 17.9 Å². The predicted octanol–water partition coefficient (Wildman–Crippen LogP) is 20.5. The minimum atomic E-state index is -0.791. The summed E-state index contributed by atoms with van der Waals surface area (Å²) < 4.78 is 16.9. The van der Waals surface area contributed by atoms with Crippen molar-refractivity contribution in [3.63, 3.8) is 0 Å². The van der Waals surface area contributed by atoms with Crippen molar-refractivity contribution in [2.24, 2.45) is 0 Å². The molecule has 1 atom stereocenters. The molecule has 0 saturated carbocycles. The van der Waals surface area contributed by atoms with Gasteiger partial charge in [-0.05, 0) is 89.9 Å². The fourth-order valence-corrected chi connectivity index (χ4v) is 8.64. The van der Waals surface area contributed by atoms with Crippen LogP contribution >= 0.6 is 0 Å². The largest absolute Gasteiger partial charge is 0.462 e. The second kappa shape index (κ2) is 59.4. The van der Waals surface area contributed by atoms with Crippen LogP contribution in [0.2, 0.25) is 0 Å². The van der Waals surface area contributed by atoms with E-state index in [-0.39, 0.29) is 31.1 Å². The Bertz CT molecular complexity index is 1320. The lowest BCUT2D eigenvalue weighted by molar-refractivity contribution is -0.167. The van der Waals surface area contributed by atoms with E-state index in [2.05, 4.69) is 93.7 Å². The zero-order chi connectivity index (χ0) is 51.4. The van der Waals surface area contributed by atoms with E-state index < -0.39 is 6.10 Å². The van der Waals surface area contributed by atoms with Gasteiger partial charge in [-0.2, -0.15) is 0 Å². The highest BCUT2D eigenvalue weighted by atomic mass is 16.6. The van der Waals surface area contributed by atoms with Gasteiger partial charge in [0.15, 0.2) is 6.10 Å². The van der Waals surface area contributed by atoms with Crippen LogP contribution in [0.4, 0.5) is 0 Å². The van der Waals surface area contributed by atoms with E-state index in [1.165, 1.54) is 167 Å². The lowest BCUT2D eigenvalue weighted by atomic mass is 10.0. The molecule has 0 aliphatic rings. The van der Waals surface area contributed by atoms with Crippen molar-refractivity contribution in [2.75, 3.05) is 13.2 Å². The van der Waals surface area contributed by atoms with Crippen LogP contribution in [0.3, 0.4) is 0 Å². The Hall–Kier alpha value is -3.15. The molecule has 0 spiro atoms. The molecule has 0 bridgehead atoms. The SMILES string of the molecule is CC/C=C\C/C=C\C/C=C\C/C=C\C/C=C\CCCCCC(=O)OCC(COC(=O)CCCCCCCCCCCCCCCCC)OC(=O)CCCCCCCCC/C=C\CCCCCCCCCC. The van der Waals surface area contributed by atoms with Crippen LogP contribution in [0.25, 0.3) is 0 Å². The third-order valence-corrected chi connectivity index (χ3v) is 13.2. The topological polar surface area (TPSA) is 78.9 Å². The highest BCUT2D eigenvalue weighted by molar-refractivity contribution is 5.71.